The standard InChI is InChI=1S/C29H24ClF4NO4/c1-15-9-18(27-23(31)13-20(30)14-35-27)10-16(2)25(15)26-24(37)12-19(28(26)38)11-21(36)6-3-17-4-7-22(8-5-17)39-29(32,33)34/h4-5,7-10,13-14,19,26H,3,6,11-12H2,1-2H3. The molecule has 5 nitrogen and oxygen atoms in total. The van der Waals surface area contributed by atoms with Gasteiger partial charge in [0.1, 0.15) is 28.9 Å². The van der Waals surface area contributed by atoms with Gasteiger partial charge in [0.15, 0.2) is 11.6 Å². The van der Waals surface area contributed by atoms with Crippen LogP contribution in [0.4, 0.5) is 17.6 Å². The normalized spacial score (nSPS) is 17.5. The summed E-state index contributed by atoms with van der Waals surface area (Å²) >= 11 is 5.80. The average molecular weight is 562 g/mol. The van der Waals surface area contributed by atoms with Gasteiger partial charge in [0.2, 0.25) is 0 Å². The second-order valence-corrected chi connectivity index (χ2v) is 10.1. The van der Waals surface area contributed by atoms with Crippen molar-refractivity contribution in [1.29, 1.82) is 0 Å². The Bertz CT molecular complexity index is 1410. The number of hydrogen-bond donors (Lipinski definition) is 0. The van der Waals surface area contributed by atoms with Crippen molar-refractivity contribution in [1.82, 2.24) is 4.98 Å². The molecule has 0 amide bonds. The summed E-state index contributed by atoms with van der Waals surface area (Å²) in [7, 11) is 0. The van der Waals surface area contributed by atoms with E-state index < -0.39 is 24.0 Å². The largest absolute Gasteiger partial charge is 0.573 e. The molecule has 1 aromatic heterocycles. The third kappa shape index (κ3) is 6.71. The molecule has 1 saturated carbocycles. The number of aryl methyl sites for hydroxylation is 3. The van der Waals surface area contributed by atoms with Crippen molar-refractivity contribution in [3.63, 3.8) is 0 Å². The molecular weight excluding hydrogens is 538 g/mol. The van der Waals surface area contributed by atoms with Gasteiger partial charge in [0.25, 0.3) is 0 Å². The summed E-state index contributed by atoms with van der Waals surface area (Å²) in [6, 6.07) is 9.72. The van der Waals surface area contributed by atoms with Gasteiger partial charge in [-0.15, -0.1) is 13.2 Å². The Labute approximate surface area is 227 Å². The summed E-state index contributed by atoms with van der Waals surface area (Å²) in [4.78, 5) is 42.9. The molecule has 1 aliphatic rings. The van der Waals surface area contributed by atoms with E-state index in [1.54, 1.807) is 26.0 Å². The van der Waals surface area contributed by atoms with Crippen molar-refractivity contribution >= 4 is 29.0 Å². The zero-order valence-electron chi connectivity index (χ0n) is 21.1. The minimum absolute atomic E-state index is 0.0489. The highest BCUT2D eigenvalue weighted by Gasteiger charge is 2.43. The predicted molar refractivity (Wildman–Crippen MR) is 136 cm³/mol. The lowest BCUT2D eigenvalue weighted by Crippen LogP contribution is -2.19. The minimum atomic E-state index is -4.79. The number of pyridine rings is 1. The van der Waals surface area contributed by atoms with Gasteiger partial charge in [-0.25, -0.2) is 4.39 Å². The van der Waals surface area contributed by atoms with Crippen molar-refractivity contribution in [2.45, 2.75) is 51.8 Å². The molecule has 39 heavy (non-hydrogen) atoms. The molecule has 10 heteroatoms. The van der Waals surface area contributed by atoms with E-state index in [0.717, 1.165) is 6.07 Å². The fourth-order valence-electron chi connectivity index (χ4n) is 5.04. The van der Waals surface area contributed by atoms with E-state index in [2.05, 4.69) is 9.72 Å². The van der Waals surface area contributed by atoms with Gasteiger partial charge in [-0.3, -0.25) is 19.4 Å². The molecular formula is C29H24ClF4NO4. The second kappa shape index (κ2) is 11.3. The monoisotopic (exact) mass is 561 g/mol. The Morgan fingerprint density at radius 1 is 1.08 bits per heavy atom. The first kappa shape index (κ1) is 28.4. The fraction of sp³-hybridized carbons (Fsp3) is 0.310. The molecule has 0 N–H and O–H groups in total. The van der Waals surface area contributed by atoms with E-state index in [-0.39, 0.29) is 59.5 Å². The van der Waals surface area contributed by atoms with E-state index in [9.17, 15) is 31.9 Å². The number of hydrogen-bond acceptors (Lipinski definition) is 5. The molecule has 0 spiro atoms. The SMILES string of the molecule is Cc1cc(-c2ncc(Cl)cc2F)cc(C)c1C1C(=O)CC(CC(=O)CCc2ccc(OC(F)(F)F)cc2)C1=O. The summed E-state index contributed by atoms with van der Waals surface area (Å²) < 4.78 is 55.2. The molecule has 1 heterocycles. The lowest BCUT2D eigenvalue weighted by Gasteiger charge is -2.17. The third-order valence-electron chi connectivity index (χ3n) is 6.74. The molecule has 2 atom stereocenters. The Morgan fingerprint density at radius 2 is 1.72 bits per heavy atom. The van der Waals surface area contributed by atoms with Crippen LogP contribution < -0.4 is 4.74 Å². The smallest absolute Gasteiger partial charge is 0.406 e. The van der Waals surface area contributed by atoms with Gasteiger partial charge in [0, 0.05) is 36.9 Å². The van der Waals surface area contributed by atoms with E-state index in [1.807, 2.05) is 0 Å². The Hall–Kier alpha value is -3.59. The van der Waals surface area contributed by atoms with Gasteiger partial charge >= 0.3 is 6.36 Å². The van der Waals surface area contributed by atoms with Crippen LogP contribution in [-0.4, -0.2) is 28.7 Å². The maximum absolute atomic E-state index is 14.4. The lowest BCUT2D eigenvalue weighted by atomic mass is 9.85. The number of nitrogens with zero attached hydrogens (tertiary/aromatic N) is 1. The summed E-state index contributed by atoms with van der Waals surface area (Å²) in [6.07, 6.45) is -3.24. The van der Waals surface area contributed by atoms with Gasteiger partial charge in [-0.1, -0.05) is 23.7 Å². The maximum Gasteiger partial charge on any atom is 0.573 e. The average Bonchev–Trinajstić information content (AvgIpc) is 3.10. The van der Waals surface area contributed by atoms with Gasteiger partial charge in [-0.05, 0) is 72.9 Å². The summed E-state index contributed by atoms with van der Waals surface area (Å²) in [6.45, 7) is 3.48. The maximum atomic E-state index is 14.4. The van der Waals surface area contributed by atoms with Crippen LogP contribution in [0.3, 0.4) is 0 Å². The van der Waals surface area contributed by atoms with E-state index >= 15 is 0 Å². The minimum Gasteiger partial charge on any atom is -0.406 e. The Kier molecular flexibility index (Phi) is 8.20. The first-order chi connectivity index (χ1) is 18.3. The van der Waals surface area contributed by atoms with Gasteiger partial charge in [0.05, 0.1) is 5.02 Å². The van der Waals surface area contributed by atoms with E-state index in [4.69, 9.17) is 11.6 Å². The molecule has 0 bridgehead atoms. The van der Waals surface area contributed by atoms with Crippen molar-refractivity contribution < 1.29 is 36.7 Å². The first-order valence-corrected chi connectivity index (χ1v) is 12.6. The number of rotatable bonds is 8. The third-order valence-corrected chi connectivity index (χ3v) is 6.95. The number of carbonyl (C=O) groups excluding carboxylic acids is 3. The molecule has 0 aliphatic heterocycles. The van der Waals surface area contributed by atoms with E-state index in [0.29, 0.717) is 27.8 Å². The molecule has 2 unspecified atom stereocenters. The number of ketones is 3. The first-order valence-electron chi connectivity index (χ1n) is 12.2. The van der Waals surface area contributed by atoms with Crippen LogP contribution in [0.25, 0.3) is 11.3 Å². The van der Waals surface area contributed by atoms with Crippen LogP contribution in [0.2, 0.25) is 5.02 Å². The number of ether oxygens (including phenoxy) is 1. The fourth-order valence-corrected chi connectivity index (χ4v) is 5.19. The molecule has 204 valence electrons. The number of carbonyl (C=O) groups is 3. The van der Waals surface area contributed by atoms with Gasteiger partial charge < -0.3 is 4.74 Å². The molecule has 1 fully saturated rings. The molecule has 3 aromatic rings. The Balaban J connectivity index is 1.42. The number of aromatic nitrogens is 1. The highest BCUT2D eigenvalue weighted by atomic mass is 35.5. The quantitative estimate of drug-likeness (QED) is 0.221. The molecule has 2 aromatic carbocycles. The molecule has 1 aliphatic carbocycles. The molecule has 0 radical (unpaired) electrons. The van der Waals surface area contributed by atoms with Crippen molar-refractivity contribution in [2.24, 2.45) is 5.92 Å². The number of Topliss-reactive ketones (excluding diaryl/α,β-unsaturated/α-hetero) is 3. The Morgan fingerprint density at radius 3 is 2.31 bits per heavy atom. The highest BCUT2D eigenvalue weighted by molar-refractivity contribution is 6.30. The number of halogens is 5. The zero-order chi connectivity index (χ0) is 28.5. The second-order valence-electron chi connectivity index (χ2n) is 9.64. The lowest BCUT2D eigenvalue weighted by molar-refractivity contribution is -0.274. The summed E-state index contributed by atoms with van der Waals surface area (Å²) in [5.41, 5.74) is 3.06. The topological polar surface area (TPSA) is 73.3 Å². The highest BCUT2D eigenvalue weighted by Crippen LogP contribution is 2.39. The van der Waals surface area contributed by atoms with E-state index in [1.165, 1.54) is 30.5 Å². The van der Waals surface area contributed by atoms with Crippen molar-refractivity contribution in [3.8, 4) is 17.0 Å². The van der Waals surface area contributed by atoms with Crippen molar-refractivity contribution in [2.75, 3.05) is 0 Å². The number of alkyl halides is 3. The van der Waals surface area contributed by atoms with Crippen LogP contribution in [-0.2, 0) is 20.8 Å². The van der Waals surface area contributed by atoms with Crippen LogP contribution >= 0.6 is 11.6 Å². The van der Waals surface area contributed by atoms with Crippen LogP contribution in [0, 0.1) is 25.6 Å². The van der Waals surface area contributed by atoms with Gasteiger partial charge in [-0.2, -0.15) is 0 Å². The number of benzene rings is 2. The van der Waals surface area contributed by atoms with Crippen LogP contribution in [0.5, 0.6) is 5.75 Å². The van der Waals surface area contributed by atoms with Crippen LogP contribution in [0.15, 0.2) is 48.7 Å². The molecule has 4 rings (SSSR count). The predicted octanol–water partition coefficient (Wildman–Crippen LogP) is 6.89. The van der Waals surface area contributed by atoms with Crippen molar-refractivity contribution in [3.05, 3.63) is 81.8 Å². The summed E-state index contributed by atoms with van der Waals surface area (Å²) in [5.74, 6) is -3.50. The van der Waals surface area contributed by atoms with Crippen LogP contribution in [0.1, 0.15) is 47.4 Å². The summed E-state index contributed by atoms with van der Waals surface area (Å²) in [5, 5.41) is 0.164. The molecule has 0 saturated heterocycles. The zero-order valence-corrected chi connectivity index (χ0v) is 21.8.